The molecule has 0 amide bonds. The monoisotopic (exact) mass is 296 g/mol. The SMILES string of the molecule is CC(C)(C(=O)Cc1sccc1Cl)c1ccc(F)cc1. The summed E-state index contributed by atoms with van der Waals surface area (Å²) in [6.07, 6.45) is 0.306. The molecule has 1 aromatic heterocycles. The number of carbonyl (C=O) groups excluding carboxylic acids is 1. The van der Waals surface area contributed by atoms with Crippen molar-refractivity contribution >= 4 is 28.7 Å². The lowest BCUT2D eigenvalue weighted by Crippen LogP contribution is -2.30. The Hall–Kier alpha value is -1.19. The van der Waals surface area contributed by atoms with E-state index in [0.717, 1.165) is 10.4 Å². The van der Waals surface area contributed by atoms with Crippen LogP contribution in [0.2, 0.25) is 5.02 Å². The molecule has 1 heterocycles. The molecule has 100 valence electrons. The summed E-state index contributed by atoms with van der Waals surface area (Å²) in [4.78, 5) is 13.3. The third kappa shape index (κ3) is 3.04. The fourth-order valence-electron chi connectivity index (χ4n) is 1.85. The third-order valence-corrected chi connectivity index (χ3v) is 4.66. The van der Waals surface area contributed by atoms with E-state index in [2.05, 4.69) is 0 Å². The topological polar surface area (TPSA) is 17.1 Å². The van der Waals surface area contributed by atoms with Gasteiger partial charge in [-0.2, -0.15) is 0 Å². The van der Waals surface area contributed by atoms with Crippen LogP contribution in [-0.4, -0.2) is 5.78 Å². The van der Waals surface area contributed by atoms with Crippen molar-refractivity contribution in [1.82, 2.24) is 0 Å². The summed E-state index contributed by atoms with van der Waals surface area (Å²) in [5.74, 6) is -0.225. The van der Waals surface area contributed by atoms with Gasteiger partial charge in [-0.15, -0.1) is 11.3 Å². The Bertz CT molecular complexity index is 586. The Kier molecular flexibility index (Phi) is 4.07. The van der Waals surface area contributed by atoms with Gasteiger partial charge in [0, 0.05) is 16.7 Å². The van der Waals surface area contributed by atoms with Gasteiger partial charge in [-0.25, -0.2) is 4.39 Å². The summed E-state index contributed by atoms with van der Waals surface area (Å²) < 4.78 is 12.9. The zero-order valence-electron chi connectivity index (χ0n) is 10.7. The molecule has 0 saturated heterocycles. The molecule has 19 heavy (non-hydrogen) atoms. The van der Waals surface area contributed by atoms with E-state index in [1.165, 1.54) is 23.5 Å². The number of halogens is 2. The lowest BCUT2D eigenvalue weighted by Gasteiger charge is -2.23. The van der Waals surface area contributed by atoms with Crippen LogP contribution in [0, 0.1) is 5.82 Å². The highest BCUT2D eigenvalue weighted by Crippen LogP contribution is 2.29. The quantitative estimate of drug-likeness (QED) is 0.804. The van der Waals surface area contributed by atoms with Crippen molar-refractivity contribution in [2.45, 2.75) is 25.7 Å². The molecular weight excluding hydrogens is 283 g/mol. The molecule has 1 aromatic carbocycles. The number of thiophene rings is 1. The molecule has 1 nitrogen and oxygen atoms in total. The van der Waals surface area contributed by atoms with E-state index in [-0.39, 0.29) is 11.6 Å². The van der Waals surface area contributed by atoms with E-state index in [0.29, 0.717) is 11.4 Å². The van der Waals surface area contributed by atoms with Gasteiger partial charge in [0.25, 0.3) is 0 Å². The van der Waals surface area contributed by atoms with E-state index < -0.39 is 5.41 Å². The first-order chi connectivity index (χ1) is 8.91. The molecular formula is C15H14ClFOS. The lowest BCUT2D eigenvalue weighted by molar-refractivity contribution is -0.122. The van der Waals surface area contributed by atoms with Crippen LogP contribution >= 0.6 is 22.9 Å². The fraction of sp³-hybridized carbons (Fsp3) is 0.267. The maximum absolute atomic E-state index is 12.9. The van der Waals surface area contributed by atoms with Crippen LogP contribution < -0.4 is 0 Å². The zero-order valence-corrected chi connectivity index (χ0v) is 12.3. The standard InChI is InChI=1S/C15H14ClFOS/c1-15(2,10-3-5-11(17)6-4-10)14(18)9-13-12(16)7-8-19-13/h3-8H,9H2,1-2H3. The highest BCUT2D eigenvalue weighted by Gasteiger charge is 2.30. The molecule has 0 radical (unpaired) electrons. The number of ketones is 1. The Labute approximate surface area is 121 Å². The van der Waals surface area contributed by atoms with Gasteiger partial charge in [-0.3, -0.25) is 4.79 Å². The maximum atomic E-state index is 12.9. The average molecular weight is 297 g/mol. The largest absolute Gasteiger partial charge is 0.298 e. The van der Waals surface area contributed by atoms with Crippen molar-refractivity contribution in [3.63, 3.8) is 0 Å². The van der Waals surface area contributed by atoms with Gasteiger partial charge < -0.3 is 0 Å². The molecule has 0 aliphatic carbocycles. The normalized spacial score (nSPS) is 11.6. The second-order valence-corrected chi connectivity index (χ2v) is 6.33. The summed E-state index contributed by atoms with van der Waals surface area (Å²) >= 11 is 7.49. The van der Waals surface area contributed by atoms with Gasteiger partial charge in [0.2, 0.25) is 0 Å². The molecule has 0 bridgehead atoms. The second-order valence-electron chi connectivity index (χ2n) is 4.92. The van der Waals surface area contributed by atoms with Crippen LogP contribution in [0.25, 0.3) is 0 Å². The second kappa shape index (κ2) is 5.43. The number of benzene rings is 1. The Morgan fingerprint density at radius 1 is 1.26 bits per heavy atom. The van der Waals surface area contributed by atoms with Gasteiger partial charge in [0.15, 0.2) is 0 Å². The Morgan fingerprint density at radius 2 is 1.89 bits per heavy atom. The molecule has 0 N–H and O–H groups in total. The van der Waals surface area contributed by atoms with Crippen molar-refractivity contribution in [1.29, 1.82) is 0 Å². The van der Waals surface area contributed by atoms with Crippen molar-refractivity contribution in [2.75, 3.05) is 0 Å². The summed E-state index contributed by atoms with van der Waals surface area (Å²) in [5.41, 5.74) is 0.160. The first kappa shape index (κ1) is 14.2. The minimum absolute atomic E-state index is 0.0726. The molecule has 2 rings (SSSR count). The first-order valence-electron chi connectivity index (χ1n) is 5.92. The molecule has 0 spiro atoms. The number of rotatable bonds is 4. The number of Topliss-reactive ketones (excluding diaryl/α,β-unsaturated/α-hetero) is 1. The van der Waals surface area contributed by atoms with Crippen molar-refractivity contribution in [3.05, 3.63) is 57.0 Å². The molecule has 0 atom stereocenters. The summed E-state index contributed by atoms with van der Waals surface area (Å²) in [6.45, 7) is 3.70. The van der Waals surface area contributed by atoms with Crippen LogP contribution in [0.15, 0.2) is 35.7 Å². The summed E-state index contributed by atoms with van der Waals surface area (Å²) in [5, 5.41) is 2.50. The minimum Gasteiger partial charge on any atom is -0.298 e. The number of hydrogen-bond donors (Lipinski definition) is 0. The van der Waals surface area contributed by atoms with E-state index in [1.807, 2.05) is 19.2 Å². The van der Waals surface area contributed by atoms with E-state index >= 15 is 0 Å². The molecule has 2 aromatic rings. The van der Waals surface area contributed by atoms with Gasteiger partial charge in [-0.05, 0) is 43.0 Å². The predicted octanol–water partition coefficient (Wildman–Crippen LogP) is 4.63. The molecule has 0 saturated carbocycles. The van der Waals surface area contributed by atoms with Gasteiger partial charge >= 0.3 is 0 Å². The molecule has 0 aliphatic heterocycles. The molecule has 0 fully saturated rings. The highest BCUT2D eigenvalue weighted by atomic mass is 35.5. The van der Waals surface area contributed by atoms with Crippen molar-refractivity contribution in [3.8, 4) is 0 Å². The zero-order chi connectivity index (χ0) is 14.0. The number of hydrogen-bond acceptors (Lipinski definition) is 2. The number of carbonyl (C=O) groups is 1. The van der Waals surface area contributed by atoms with Gasteiger partial charge in [-0.1, -0.05) is 23.7 Å². The highest BCUT2D eigenvalue weighted by molar-refractivity contribution is 7.10. The van der Waals surface area contributed by atoms with Gasteiger partial charge in [0.05, 0.1) is 5.02 Å². The molecule has 0 unspecified atom stereocenters. The van der Waals surface area contributed by atoms with Crippen molar-refractivity contribution in [2.24, 2.45) is 0 Å². The van der Waals surface area contributed by atoms with E-state index in [9.17, 15) is 9.18 Å². The summed E-state index contributed by atoms with van der Waals surface area (Å²) in [7, 11) is 0. The lowest BCUT2D eigenvalue weighted by atomic mass is 9.79. The Morgan fingerprint density at radius 3 is 2.42 bits per heavy atom. The van der Waals surface area contributed by atoms with E-state index in [1.54, 1.807) is 18.2 Å². The Balaban J connectivity index is 2.21. The minimum atomic E-state index is -0.652. The van der Waals surface area contributed by atoms with Crippen molar-refractivity contribution < 1.29 is 9.18 Å². The molecule has 4 heteroatoms. The first-order valence-corrected chi connectivity index (χ1v) is 7.18. The van der Waals surface area contributed by atoms with Crippen LogP contribution in [0.4, 0.5) is 4.39 Å². The third-order valence-electron chi connectivity index (χ3n) is 3.28. The predicted molar refractivity (Wildman–Crippen MR) is 77.5 cm³/mol. The van der Waals surface area contributed by atoms with E-state index in [4.69, 9.17) is 11.6 Å². The van der Waals surface area contributed by atoms with Gasteiger partial charge in [0.1, 0.15) is 11.6 Å². The van der Waals surface area contributed by atoms with Crippen LogP contribution in [0.1, 0.15) is 24.3 Å². The molecule has 0 aliphatic rings. The van der Waals surface area contributed by atoms with Crippen LogP contribution in [-0.2, 0) is 16.6 Å². The maximum Gasteiger partial charge on any atom is 0.148 e. The smallest absolute Gasteiger partial charge is 0.148 e. The average Bonchev–Trinajstić information content (AvgIpc) is 2.75. The van der Waals surface area contributed by atoms with Crippen LogP contribution in [0.3, 0.4) is 0 Å². The summed E-state index contributed by atoms with van der Waals surface area (Å²) in [6, 6.07) is 7.86. The van der Waals surface area contributed by atoms with Crippen LogP contribution in [0.5, 0.6) is 0 Å². The fourth-order valence-corrected chi connectivity index (χ4v) is 2.95.